The Bertz CT molecular complexity index is 714. The predicted octanol–water partition coefficient (Wildman–Crippen LogP) is 4.14. The minimum absolute atomic E-state index is 0.0175. The lowest BCUT2D eigenvalue weighted by atomic mass is 10.2. The van der Waals surface area contributed by atoms with Crippen molar-refractivity contribution in [1.82, 2.24) is 4.90 Å². The van der Waals surface area contributed by atoms with Gasteiger partial charge in [0, 0.05) is 22.8 Å². The molecule has 1 N–H and O–H groups in total. The molecule has 0 aliphatic rings. The summed E-state index contributed by atoms with van der Waals surface area (Å²) in [5.74, 6) is -0.381. The van der Waals surface area contributed by atoms with Gasteiger partial charge in [0.25, 0.3) is 5.91 Å². The van der Waals surface area contributed by atoms with Crippen molar-refractivity contribution in [3.63, 3.8) is 0 Å². The smallest absolute Gasteiger partial charge is 0.254 e. The number of hydrogen-bond acceptors (Lipinski definition) is 2. The Labute approximate surface area is 147 Å². The van der Waals surface area contributed by atoms with E-state index >= 15 is 0 Å². The molecule has 24 heavy (non-hydrogen) atoms. The number of para-hydroxylation sites is 1. The number of anilines is 1. The standard InChI is InChI=1S/C19H21ClN2O2/c1-3-12-22(19(24)15-8-10-16(20)11-9-15)13-18(23)21-17-7-5-4-6-14(17)2/h4-11H,3,12-13H2,1-2H3,(H,21,23). The fourth-order valence-corrected chi connectivity index (χ4v) is 2.50. The van der Waals surface area contributed by atoms with Gasteiger partial charge in [-0.1, -0.05) is 36.7 Å². The van der Waals surface area contributed by atoms with E-state index in [9.17, 15) is 9.59 Å². The molecule has 0 bridgehead atoms. The van der Waals surface area contributed by atoms with E-state index in [-0.39, 0.29) is 18.4 Å². The third-order valence-corrected chi connectivity index (χ3v) is 3.88. The first-order chi connectivity index (χ1) is 11.5. The van der Waals surface area contributed by atoms with E-state index in [0.29, 0.717) is 17.1 Å². The predicted molar refractivity (Wildman–Crippen MR) is 97.5 cm³/mol. The summed E-state index contributed by atoms with van der Waals surface area (Å²) in [4.78, 5) is 26.5. The van der Waals surface area contributed by atoms with Crippen LogP contribution in [0.3, 0.4) is 0 Å². The molecule has 0 spiro atoms. The van der Waals surface area contributed by atoms with Gasteiger partial charge in [0.1, 0.15) is 6.54 Å². The topological polar surface area (TPSA) is 49.4 Å². The van der Waals surface area contributed by atoms with Gasteiger partial charge in [0.15, 0.2) is 0 Å². The van der Waals surface area contributed by atoms with Gasteiger partial charge in [-0.2, -0.15) is 0 Å². The second-order valence-electron chi connectivity index (χ2n) is 5.60. The van der Waals surface area contributed by atoms with Gasteiger partial charge in [-0.15, -0.1) is 0 Å². The number of benzene rings is 2. The molecule has 0 saturated carbocycles. The Kier molecular flexibility index (Phi) is 6.38. The van der Waals surface area contributed by atoms with Crippen LogP contribution in [-0.2, 0) is 4.79 Å². The quantitative estimate of drug-likeness (QED) is 0.856. The van der Waals surface area contributed by atoms with Crippen molar-refractivity contribution in [1.29, 1.82) is 0 Å². The molecule has 2 amide bonds. The number of amides is 2. The lowest BCUT2D eigenvalue weighted by Crippen LogP contribution is -2.38. The van der Waals surface area contributed by atoms with Crippen LogP contribution in [0.5, 0.6) is 0 Å². The molecule has 0 saturated heterocycles. The van der Waals surface area contributed by atoms with Crippen molar-refractivity contribution in [3.05, 3.63) is 64.7 Å². The number of carbonyl (C=O) groups is 2. The Balaban J connectivity index is 2.07. The molecule has 0 fully saturated rings. The highest BCUT2D eigenvalue weighted by molar-refractivity contribution is 6.30. The summed E-state index contributed by atoms with van der Waals surface area (Å²) >= 11 is 5.86. The first-order valence-electron chi connectivity index (χ1n) is 7.91. The average molecular weight is 345 g/mol. The summed E-state index contributed by atoms with van der Waals surface area (Å²) in [5, 5.41) is 3.44. The molecule has 0 unspecified atom stereocenters. The van der Waals surface area contributed by atoms with Crippen LogP contribution in [0.1, 0.15) is 29.3 Å². The van der Waals surface area contributed by atoms with Crippen molar-refractivity contribution >= 4 is 29.1 Å². The minimum atomic E-state index is -0.208. The zero-order valence-corrected chi connectivity index (χ0v) is 14.6. The van der Waals surface area contributed by atoms with E-state index in [4.69, 9.17) is 11.6 Å². The van der Waals surface area contributed by atoms with Crippen LogP contribution in [0.15, 0.2) is 48.5 Å². The van der Waals surface area contributed by atoms with Crippen molar-refractivity contribution in [2.24, 2.45) is 0 Å². The van der Waals surface area contributed by atoms with Gasteiger partial charge < -0.3 is 10.2 Å². The number of hydrogen-bond donors (Lipinski definition) is 1. The zero-order chi connectivity index (χ0) is 17.5. The maximum Gasteiger partial charge on any atom is 0.254 e. The zero-order valence-electron chi connectivity index (χ0n) is 13.9. The number of nitrogens with one attached hydrogen (secondary N) is 1. The molecule has 0 aromatic heterocycles. The highest BCUT2D eigenvalue weighted by atomic mass is 35.5. The third-order valence-electron chi connectivity index (χ3n) is 3.63. The Hall–Kier alpha value is -2.33. The summed E-state index contributed by atoms with van der Waals surface area (Å²) < 4.78 is 0. The van der Waals surface area contributed by atoms with Crippen LogP contribution in [0.25, 0.3) is 0 Å². The third kappa shape index (κ3) is 4.83. The van der Waals surface area contributed by atoms with E-state index < -0.39 is 0 Å². The van der Waals surface area contributed by atoms with Gasteiger partial charge in [-0.05, 0) is 49.2 Å². The molecule has 4 nitrogen and oxygen atoms in total. The molecule has 5 heteroatoms. The van der Waals surface area contributed by atoms with Crippen molar-refractivity contribution in [3.8, 4) is 0 Å². The first kappa shape index (κ1) is 18.0. The summed E-state index contributed by atoms with van der Waals surface area (Å²) in [6.45, 7) is 4.44. The van der Waals surface area contributed by atoms with Gasteiger partial charge in [0.05, 0.1) is 0 Å². The molecule has 2 rings (SSSR count). The second-order valence-corrected chi connectivity index (χ2v) is 6.03. The first-order valence-corrected chi connectivity index (χ1v) is 8.29. The fraction of sp³-hybridized carbons (Fsp3) is 0.263. The normalized spacial score (nSPS) is 10.3. The van der Waals surface area contributed by atoms with Gasteiger partial charge in [-0.3, -0.25) is 9.59 Å². The molecule has 0 heterocycles. The highest BCUT2D eigenvalue weighted by Gasteiger charge is 2.18. The molecule has 0 aliphatic carbocycles. The van der Waals surface area contributed by atoms with Crippen LogP contribution in [0.2, 0.25) is 5.02 Å². The summed E-state index contributed by atoms with van der Waals surface area (Å²) in [6, 6.07) is 14.2. The van der Waals surface area contributed by atoms with E-state index in [1.54, 1.807) is 29.2 Å². The molecular weight excluding hydrogens is 324 g/mol. The summed E-state index contributed by atoms with van der Waals surface area (Å²) in [5.41, 5.74) is 2.27. The number of aryl methyl sites for hydroxylation is 1. The summed E-state index contributed by atoms with van der Waals surface area (Å²) in [6.07, 6.45) is 0.775. The van der Waals surface area contributed by atoms with Crippen molar-refractivity contribution in [2.45, 2.75) is 20.3 Å². The Morgan fingerprint density at radius 2 is 1.75 bits per heavy atom. The van der Waals surface area contributed by atoms with Crippen LogP contribution in [0.4, 0.5) is 5.69 Å². The van der Waals surface area contributed by atoms with E-state index in [1.807, 2.05) is 38.1 Å². The summed E-state index contributed by atoms with van der Waals surface area (Å²) in [7, 11) is 0. The molecular formula is C19H21ClN2O2. The average Bonchev–Trinajstić information content (AvgIpc) is 2.56. The molecule has 0 atom stereocenters. The SMILES string of the molecule is CCCN(CC(=O)Nc1ccccc1C)C(=O)c1ccc(Cl)cc1. The lowest BCUT2D eigenvalue weighted by Gasteiger charge is -2.22. The fourth-order valence-electron chi connectivity index (χ4n) is 2.37. The maximum atomic E-state index is 12.6. The van der Waals surface area contributed by atoms with Crippen molar-refractivity contribution < 1.29 is 9.59 Å². The maximum absolute atomic E-state index is 12.6. The monoisotopic (exact) mass is 344 g/mol. The second kappa shape index (κ2) is 8.50. The van der Waals surface area contributed by atoms with Gasteiger partial charge in [0.2, 0.25) is 5.91 Å². The van der Waals surface area contributed by atoms with Crippen LogP contribution >= 0.6 is 11.6 Å². The number of halogens is 1. The number of nitrogens with zero attached hydrogens (tertiary/aromatic N) is 1. The molecule has 2 aromatic rings. The van der Waals surface area contributed by atoms with E-state index in [1.165, 1.54) is 0 Å². The molecule has 0 aliphatic heterocycles. The lowest BCUT2D eigenvalue weighted by molar-refractivity contribution is -0.116. The van der Waals surface area contributed by atoms with Gasteiger partial charge >= 0.3 is 0 Å². The molecule has 126 valence electrons. The Morgan fingerprint density at radius 1 is 1.08 bits per heavy atom. The van der Waals surface area contributed by atoms with Gasteiger partial charge in [-0.25, -0.2) is 0 Å². The number of rotatable bonds is 6. The molecule has 2 aromatic carbocycles. The highest BCUT2D eigenvalue weighted by Crippen LogP contribution is 2.14. The van der Waals surface area contributed by atoms with Crippen LogP contribution in [-0.4, -0.2) is 29.8 Å². The largest absolute Gasteiger partial charge is 0.329 e. The minimum Gasteiger partial charge on any atom is -0.329 e. The van der Waals surface area contributed by atoms with Crippen molar-refractivity contribution in [2.75, 3.05) is 18.4 Å². The van der Waals surface area contributed by atoms with Crippen LogP contribution in [0, 0.1) is 6.92 Å². The van der Waals surface area contributed by atoms with E-state index in [0.717, 1.165) is 17.7 Å². The number of carbonyl (C=O) groups excluding carboxylic acids is 2. The van der Waals surface area contributed by atoms with E-state index in [2.05, 4.69) is 5.32 Å². The Morgan fingerprint density at radius 3 is 2.38 bits per heavy atom. The molecule has 0 radical (unpaired) electrons. The van der Waals surface area contributed by atoms with Crippen LogP contribution < -0.4 is 5.32 Å².